The van der Waals surface area contributed by atoms with E-state index in [4.69, 9.17) is 4.74 Å². The summed E-state index contributed by atoms with van der Waals surface area (Å²) in [6.45, 7) is 13.5. The van der Waals surface area contributed by atoms with Gasteiger partial charge in [-0.05, 0) is 53.2 Å². The highest BCUT2D eigenvalue weighted by Crippen LogP contribution is 2.07. The molecule has 0 fully saturated rings. The van der Waals surface area contributed by atoms with Gasteiger partial charge in [-0.15, -0.1) is 24.0 Å². The van der Waals surface area contributed by atoms with Crippen LogP contribution < -0.4 is 16.0 Å². The van der Waals surface area contributed by atoms with Gasteiger partial charge < -0.3 is 20.7 Å². The Morgan fingerprint density at radius 3 is 2.55 bits per heavy atom. The Morgan fingerprint density at radius 1 is 1.24 bits per heavy atom. The number of alkyl carbamates (subject to hydrolysis) is 1. The Hall–Kier alpha value is -1.58. The summed E-state index contributed by atoms with van der Waals surface area (Å²) in [5.74, 6) is 0.720. The molecule has 7 nitrogen and oxygen atoms in total. The minimum Gasteiger partial charge on any atom is -0.444 e. The van der Waals surface area contributed by atoms with E-state index < -0.39 is 11.7 Å². The Morgan fingerprint density at radius 2 is 1.97 bits per heavy atom. The van der Waals surface area contributed by atoms with Crippen molar-refractivity contribution in [2.75, 3.05) is 13.1 Å². The number of aliphatic imine (C=N–C) groups is 1. The van der Waals surface area contributed by atoms with Crippen LogP contribution in [0.25, 0.3) is 0 Å². The van der Waals surface area contributed by atoms with Crippen LogP contribution >= 0.6 is 24.0 Å². The zero-order valence-electron chi connectivity index (χ0n) is 18.7. The van der Waals surface area contributed by atoms with Crippen LogP contribution in [0.2, 0.25) is 0 Å². The number of carbonyl (C=O) groups is 1. The van der Waals surface area contributed by atoms with Gasteiger partial charge in [0.05, 0.1) is 12.2 Å². The number of hydrogen-bond donors (Lipinski definition) is 3. The molecule has 0 spiro atoms. The topological polar surface area (TPSA) is 87.6 Å². The number of aromatic nitrogens is 1. The van der Waals surface area contributed by atoms with Crippen LogP contribution in [-0.2, 0) is 11.3 Å². The summed E-state index contributed by atoms with van der Waals surface area (Å²) >= 11 is 0. The second-order valence-electron chi connectivity index (χ2n) is 7.83. The van der Waals surface area contributed by atoms with Crippen LogP contribution in [0.3, 0.4) is 0 Å². The second kappa shape index (κ2) is 14.4. The highest BCUT2D eigenvalue weighted by Gasteiger charge is 2.18. The average Bonchev–Trinajstić information content (AvgIpc) is 2.60. The maximum absolute atomic E-state index is 12.0. The molecular weight excluding hydrogens is 481 g/mol. The number of hydrogen-bond acceptors (Lipinski definition) is 4. The maximum atomic E-state index is 12.0. The molecule has 0 saturated heterocycles. The van der Waals surface area contributed by atoms with Crippen molar-refractivity contribution < 1.29 is 9.53 Å². The van der Waals surface area contributed by atoms with E-state index in [1.807, 2.05) is 52.8 Å². The maximum Gasteiger partial charge on any atom is 0.407 e. The number of nitrogens with zero attached hydrogens (tertiary/aromatic N) is 2. The molecule has 1 heterocycles. The third kappa shape index (κ3) is 13.3. The van der Waals surface area contributed by atoms with Crippen molar-refractivity contribution in [3.8, 4) is 0 Å². The van der Waals surface area contributed by atoms with Crippen molar-refractivity contribution in [3.63, 3.8) is 0 Å². The number of carbonyl (C=O) groups excluding carboxylic acids is 1. The van der Waals surface area contributed by atoms with Gasteiger partial charge in [0.25, 0.3) is 0 Å². The molecule has 1 atom stereocenters. The fourth-order valence-electron chi connectivity index (χ4n) is 2.56. The number of ether oxygens (including phenoxy) is 1. The first-order chi connectivity index (χ1) is 13.2. The molecular formula is C21H38IN5O2. The van der Waals surface area contributed by atoms with Crippen LogP contribution in [0.15, 0.2) is 23.2 Å². The third-order valence-corrected chi connectivity index (χ3v) is 3.83. The van der Waals surface area contributed by atoms with Crippen LogP contribution in [0.5, 0.6) is 0 Å². The van der Waals surface area contributed by atoms with E-state index >= 15 is 0 Å². The zero-order chi connectivity index (χ0) is 21.0. The van der Waals surface area contributed by atoms with Gasteiger partial charge >= 0.3 is 6.09 Å². The summed E-state index contributed by atoms with van der Waals surface area (Å²) in [6.07, 6.45) is 2.68. The van der Waals surface area contributed by atoms with Crippen molar-refractivity contribution in [2.24, 2.45) is 4.99 Å². The first kappa shape index (κ1) is 27.4. The molecule has 1 amide bonds. The van der Waals surface area contributed by atoms with Gasteiger partial charge in [-0.2, -0.15) is 0 Å². The lowest BCUT2D eigenvalue weighted by atomic mass is 10.1. The van der Waals surface area contributed by atoms with Crippen molar-refractivity contribution in [3.05, 3.63) is 29.6 Å². The number of halogens is 1. The fourth-order valence-corrected chi connectivity index (χ4v) is 2.56. The van der Waals surface area contributed by atoms with Crippen LogP contribution in [0.1, 0.15) is 65.3 Å². The number of guanidine groups is 1. The van der Waals surface area contributed by atoms with E-state index in [9.17, 15) is 4.79 Å². The van der Waals surface area contributed by atoms with E-state index in [1.165, 1.54) is 0 Å². The first-order valence-corrected chi connectivity index (χ1v) is 10.2. The molecule has 1 aromatic rings. The number of unbranched alkanes of at least 4 members (excludes halogenated alkanes) is 1. The summed E-state index contributed by atoms with van der Waals surface area (Å²) in [6, 6.07) is 6.00. The normalized spacial score (nSPS) is 12.6. The Labute approximate surface area is 192 Å². The molecule has 29 heavy (non-hydrogen) atoms. The first-order valence-electron chi connectivity index (χ1n) is 10.2. The van der Waals surface area contributed by atoms with Gasteiger partial charge in [0, 0.05) is 24.8 Å². The molecule has 0 saturated carbocycles. The molecule has 0 aliphatic carbocycles. The lowest BCUT2D eigenvalue weighted by Crippen LogP contribution is -2.49. The monoisotopic (exact) mass is 519 g/mol. The van der Waals surface area contributed by atoms with Crippen molar-refractivity contribution in [2.45, 2.75) is 79.0 Å². The zero-order valence-corrected chi connectivity index (χ0v) is 21.0. The smallest absolute Gasteiger partial charge is 0.407 e. The van der Waals surface area contributed by atoms with E-state index in [-0.39, 0.29) is 30.0 Å². The summed E-state index contributed by atoms with van der Waals surface area (Å²) in [5.41, 5.74) is 1.40. The summed E-state index contributed by atoms with van der Waals surface area (Å²) in [7, 11) is 0. The molecule has 1 rings (SSSR count). The molecule has 0 bridgehead atoms. The number of aryl methyl sites for hydroxylation is 1. The van der Waals surface area contributed by atoms with Crippen molar-refractivity contribution in [1.29, 1.82) is 0 Å². The SMILES string of the molecule is CCCCC(CNC(=O)OC(C)(C)C)NC(=NCc1cccc(C)n1)NCC.I. The highest BCUT2D eigenvalue weighted by molar-refractivity contribution is 14.0. The van der Waals surface area contributed by atoms with Gasteiger partial charge in [0.2, 0.25) is 0 Å². The molecule has 8 heteroatoms. The fraction of sp³-hybridized carbons (Fsp3) is 0.667. The van der Waals surface area contributed by atoms with Crippen molar-refractivity contribution in [1.82, 2.24) is 20.9 Å². The van der Waals surface area contributed by atoms with E-state index in [0.717, 1.165) is 43.2 Å². The molecule has 0 aliphatic rings. The standard InChI is InChI=1S/C21H37N5O2.HI/c1-7-9-12-18(15-24-20(27)28-21(4,5)6)26-19(22-8-2)23-14-17-13-10-11-16(3)25-17;/h10-11,13,18H,7-9,12,14-15H2,1-6H3,(H,24,27)(H2,22,23,26);1H. The van der Waals surface area contributed by atoms with Gasteiger partial charge in [-0.3, -0.25) is 4.98 Å². The Bertz CT molecular complexity index is 632. The van der Waals surface area contributed by atoms with E-state index in [2.05, 4.69) is 32.9 Å². The lowest BCUT2D eigenvalue weighted by Gasteiger charge is -2.24. The quantitative estimate of drug-likeness (QED) is 0.259. The van der Waals surface area contributed by atoms with Gasteiger partial charge in [-0.1, -0.05) is 25.8 Å². The Balaban J connectivity index is 0.00000784. The lowest BCUT2D eigenvalue weighted by molar-refractivity contribution is 0.0523. The van der Waals surface area contributed by atoms with Gasteiger partial charge in [-0.25, -0.2) is 9.79 Å². The third-order valence-electron chi connectivity index (χ3n) is 3.83. The predicted molar refractivity (Wildman–Crippen MR) is 130 cm³/mol. The van der Waals surface area contributed by atoms with Crippen LogP contribution in [0.4, 0.5) is 4.79 Å². The molecule has 0 aromatic carbocycles. The van der Waals surface area contributed by atoms with E-state index in [0.29, 0.717) is 13.1 Å². The van der Waals surface area contributed by atoms with Crippen LogP contribution in [-0.4, -0.2) is 41.8 Å². The van der Waals surface area contributed by atoms with Gasteiger partial charge in [0.1, 0.15) is 5.60 Å². The number of rotatable bonds is 9. The van der Waals surface area contributed by atoms with Gasteiger partial charge in [0.15, 0.2) is 5.96 Å². The molecule has 0 radical (unpaired) electrons. The molecule has 1 aromatic heterocycles. The Kier molecular flexibility index (Phi) is 13.6. The molecule has 166 valence electrons. The van der Waals surface area contributed by atoms with Crippen LogP contribution in [0, 0.1) is 6.92 Å². The predicted octanol–water partition coefficient (Wildman–Crippen LogP) is 4.15. The number of nitrogens with one attached hydrogen (secondary N) is 3. The summed E-state index contributed by atoms with van der Waals surface area (Å²) in [5, 5.41) is 9.56. The highest BCUT2D eigenvalue weighted by atomic mass is 127. The minimum absolute atomic E-state index is 0. The average molecular weight is 519 g/mol. The minimum atomic E-state index is -0.506. The number of amides is 1. The molecule has 3 N–H and O–H groups in total. The second-order valence-corrected chi connectivity index (χ2v) is 7.83. The molecule has 1 unspecified atom stereocenters. The number of pyridine rings is 1. The summed E-state index contributed by atoms with van der Waals surface area (Å²) in [4.78, 5) is 21.1. The summed E-state index contributed by atoms with van der Waals surface area (Å²) < 4.78 is 5.33. The largest absolute Gasteiger partial charge is 0.444 e. The molecule has 0 aliphatic heterocycles. The van der Waals surface area contributed by atoms with Crippen molar-refractivity contribution >= 4 is 36.0 Å². The van der Waals surface area contributed by atoms with E-state index in [1.54, 1.807) is 0 Å².